The molecule has 6 amide bonds. The number of rotatable bonds is 36. The molecule has 1 aromatic heterocycles. The molecule has 3 saturated heterocycles. The number of aliphatic carboxylic acids is 1. The Kier molecular flexibility index (Phi) is 33.1. The van der Waals surface area contributed by atoms with Gasteiger partial charge >= 0.3 is 5.97 Å². The minimum Gasteiger partial charge on any atom is -0.494 e. The van der Waals surface area contributed by atoms with E-state index in [-0.39, 0.29) is 88.0 Å². The maximum absolute atomic E-state index is 14.6. The van der Waals surface area contributed by atoms with Crippen molar-refractivity contribution >= 4 is 111 Å². The standard InChI is InChI=1S/C63H88FIN12O14S2/c1-63(64)34-49(35-66)77(41-63)58(83)36-70-60(86)51-14-17-67-53-13-12-50(33-52(51)53)91-30-3-2-5-47-15-20-76(21-16-47)62(88)55(80)40-93-32-19-69-61(87)54(39-92-31-18-68-56(81)7-4-6-46-8-10-48(65)11-9-46)71-57(82)37-72-22-23-73(38-59(84)85)25-27-75(43-90-45-79)29-28-74(26-24-72)42-89-44-78/h8-14,17,33,44-45,47,49,54-55,80H,2-7,15-16,18-32,34,36-43H2,1H3,(H,68,81)(H,69,87)(H,70,86)(H,71,82)(H,84,85)/t49-,54+,55-,63?/m1/s1. The number of aryl methyl sites for hydroxylation is 1. The van der Waals surface area contributed by atoms with Gasteiger partial charge in [0.15, 0.2) is 0 Å². The number of unbranched alkanes of at least 4 members (excludes halogenated alkanes) is 1. The predicted molar refractivity (Wildman–Crippen MR) is 356 cm³/mol. The van der Waals surface area contributed by atoms with E-state index >= 15 is 0 Å². The molecule has 30 heteroatoms. The third-order valence-corrected chi connectivity index (χ3v) is 19.0. The molecule has 26 nitrogen and oxygen atoms in total. The molecule has 0 saturated carbocycles. The number of hydrogen-bond acceptors (Lipinski definition) is 21. The number of alkyl halides is 1. The van der Waals surface area contributed by atoms with E-state index in [1.165, 1.54) is 36.6 Å². The van der Waals surface area contributed by atoms with Crippen molar-refractivity contribution in [3.05, 3.63) is 69.4 Å². The number of aromatic nitrogens is 1. The van der Waals surface area contributed by atoms with Crippen molar-refractivity contribution in [1.29, 1.82) is 5.26 Å². The number of carbonyl (C=O) groups excluding carboxylic acids is 8. The number of thioether (sulfide) groups is 2. The smallest absolute Gasteiger partial charge is 0.317 e. The molecule has 4 atom stereocenters. The average Bonchev–Trinajstić information content (AvgIpc) is 1.80. The van der Waals surface area contributed by atoms with Crippen molar-refractivity contribution in [2.45, 2.75) is 88.6 Å². The van der Waals surface area contributed by atoms with Gasteiger partial charge in [-0.15, -0.1) is 0 Å². The van der Waals surface area contributed by atoms with Crippen molar-refractivity contribution < 1.29 is 72.0 Å². The number of aliphatic hydroxyl groups is 1. The molecule has 3 aromatic rings. The number of ether oxygens (including phenoxy) is 3. The van der Waals surface area contributed by atoms with Gasteiger partial charge in [-0.05, 0) is 116 Å². The van der Waals surface area contributed by atoms with Gasteiger partial charge in [-0.25, -0.2) is 4.39 Å². The maximum atomic E-state index is 14.6. The van der Waals surface area contributed by atoms with Gasteiger partial charge in [-0.1, -0.05) is 18.6 Å². The minimum absolute atomic E-state index is 0.0120. The van der Waals surface area contributed by atoms with Gasteiger partial charge in [0.05, 0.1) is 49.9 Å². The highest BCUT2D eigenvalue weighted by molar-refractivity contribution is 14.1. The average molecular weight is 1450 g/mol. The Labute approximate surface area is 564 Å². The number of pyridine rings is 1. The van der Waals surface area contributed by atoms with E-state index in [2.05, 4.69) is 61.0 Å². The van der Waals surface area contributed by atoms with Crippen molar-refractivity contribution in [3.63, 3.8) is 0 Å². The van der Waals surface area contributed by atoms with Gasteiger partial charge in [0.2, 0.25) is 23.6 Å². The third kappa shape index (κ3) is 27.4. The number of piperidine rings is 1. The fraction of sp³-hybridized carbons (Fsp3) is 0.603. The molecule has 3 aliphatic rings. The summed E-state index contributed by atoms with van der Waals surface area (Å²) in [5.74, 6) is -1.35. The highest BCUT2D eigenvalue weighted by atomic mass is 127. The number of fused-ring (bicyclic) bond motifs is 1. The second-order valence-corrected chi connectivity index (χ2v) is 27.0. The van der Waals surface area contributed by atoms with Gasteiger partial charge in [0.25, 0.3) is 24.8 Å². The number of benzene rings is 2. The number of carboxylic acids is 1. The van der Waals surface area contributed by atoms with Crippen LogP contribution in [0.15, 0.2) is 54.7 Å². The van der Waals surface area contributed by atoms with Crippen molar-refractivity contribution in [2.24, 2.45) is 5.92 Å². The van der Waals surface area contributed by atoms with Gasteiger partial charge in [0.1, 0.15) is 43.1 Å². The summed E-state index contributed by atoms with van der Waals surface area (Å²) >= 11 is 4.95. The Morgan fingerprint density at radius 3 is 2.09 bits per heavy atom. The first-order valence-electron chi connectivity index (χ1n) is 31.4. The predicted octanol–water partition coefficient (Wildman–Crippen LogP) is 2.34. The summed E-state index contributed by atoms with van der Waals surface area (Å²) in [6.07, 6.45) is 6.16. The van der Waals surface area contributed by atoms with Crippen LogP contribution >= 0.6 is 46.1 Å². The van der Waals surface area contributed by atoms with Crippen molar-refractivity contribution in [1.82, 2.24) is 55.7 Å². The molecule has 0 bridgehead atoms. The quantitative estimate of drug-likeness (QED) is 0.0276. The maximum Gasteiger partial charge on any atom is 0.317 e. The number of carbonyl (C=O) groups is 9. The number of likely N-dealkylation sites (tertiary alicyclic amines) is 2. The molecule has 3 aliphatic heterocycles. The van der Waals surface area contributed by atoms with Crippen LogP contribution in [0.3, 0.4) is 0 Å². The van der Waals surface area contributed by atoms with Gasteiger partial charge in [-0.2, -0.15) is 28.8 Å². The number of nitrogens with one attached hydrogen (secondary N) is 4. The molecule has 0 radical (unpaired) electrons. The van der Waals surface area contributed by atoms with Crippen molar-refractivity contribution in [2.75, 3.05) is 148 Å². The molecule has 6 N–H and O–H groups in total. The zero-order valence-electron chi connectivity index (χ0n) is 52.7. The number of hydrogen-bond donors (Lipinski definition) is 6. The molecule has 2 aromatic carbocycles. The molecule has 0 aliphatic carbocycles. The van der Waals surface area contributed by atoms with E-state index in [1.54, 1.807) is 34.1 Å². The number of nitrogens with zero attached hydrogens (tertiary/aromatic N) is 8. The highest BCUT2D eigenvalue weighted by Crippen LogP contribution is 2.30. The topological polar surface area (TPSA) is 326 Å². The lowest BCUT2D eigenvalue weighted by Gasteiger charge is -2.33. The Morgan fingerprint density at radius 2 is 1.44 bits per heavy atom. The minimum atomic E-state index is -1.68. The lowest BCUT2D eigenvalue weighted by Crippen LogP contribution is -2.53. The molecule has 4 heterocycles. The van der Waals surface area contributed by atoms with Crippen LogP contribution in [0.25, 0.3) is 10.9 Å². The lowest BCUT2D eigenvalue weighted by molar-refractivity contribution is -0.140. The Bertz CT molecular complexity index is 2970. The Hall–Kier alpha value is -6.47. The first-order valence-corrected chi connectivity index (χ1v) is 34.8. The summed E-state index contributed by atoms with van der Waals surface area (Å²) in [4.78, 5) is 128. The SMILES string of the molecule is CC1(F)C[C@H](C#N)N(C(=O)CNC(=O)c2ccnc3ccc(OCCCCC4CCN(C(=O)[C@H](O)CSCCNC(=O)[C@H](CSCCNC(=O)CCCc5ccc(I)cc5)NC(=O)CN5CCN(COC=O)CCN(COC=O)CCN(CC(=O)O)CC5)CC4)cc23)C1. The van der Waals surface area contributed by atoms with Crippen LogP contribution in [0.4, 0.5) is 4.39 Å². The normalized spacial score (nSPS) is 18.8. The van der Waals surface area contributed by atoms with Gasteiger partial charge in [0, 0.05) is 130 Å². The van der Waals surface area contributed by atoms with Crippen molar-refractivity contribution in [3.8, 4) is 11.8 Å². The van der Waals surface area contributed by atoms with E-state index in [1.807, 2.05) is 32.9 Å². The zero-order chi connectivity index (χ0) is 67.0. The Morgan fingerprint density at radius 1 is 0.806 bits per heavy atom. The molecular weight excluding hydrogens is 1360 g/mol. The first kappa shape index (κ1) is 75.6. The second kappa shape index (κ2) is 40.7. The Balaban J connectivity index is 0.919. The number of aliphatic hydroxyl groups excluding tert-OH is 1. The second-order valence-electron chi connectivity index (χ2n) is 23.5. The van der Waals surface area contributed by atoms with Crippen LogP contribution in [-0.2, 0) is 54.3 Å². The van der Waals surface area contributed by atoms with E-state index in [0.717, 1.165) is 52.6 Å². The molecule has 3 fully saturated rings. The van der Waals surface area contributed by atoms with Crippen LogP contribution < -0.4 is 26.0 Å². The molecular formula is C63H88FIN12O14S2. The zero-order valence-corrected chi connectivity index (χ0v) is 56.5. The van der Waals surface area contributed by atoms with E-state index < -0.39 is 60.0 Å². The monoisotopic (exact) mass is 1450 g/mol. The number of nitriles is 1. The molecule has 6 rings (SSSR count). The number of halogens is 2. The first-order chi connectivity index (χ1) is 44.8. The largest absolute Gasteiger partial charge is 0.494 e. The van der Waals surface area contributed by atoms with Crippen LogP contribution in [0, 0.1) is 20.8 Å². The molecule has 510 valence electrons. The fourth-order valence-corrected chi connectivity index (χ4v) is 13.1. The summed E-state index contributed by atoms with van der Waals surface area (Å²) in [6, 6.07) is 15.0. The van der Waals surface area contributed by atoms with E-state index in [4.69, 9.17) is 14.2 Å². The summed E-state index contributed by atoms with van der Waals surface area (Å²) in [5, 5.41) is 42.0. The molecule has 93 heavy (non-hydrogen) atoms. The lowest BCUT2D eigenvalue weighted by atomic mass is 9.91. The summed E-state index contributed by atoms with van der Waals surface area (Å²) < 4.78 is 31.8. The number of carboxylic acid groups (broad SMARTS) is 1. The van der Waals surface area contributed by atoms with Crippen LogP contribution in [-0.4, -0.2) is 271 Å². The van der Waals surface area contributed by atoms with Gasteiger partial charge < -0.3 is 55.5 Å². The van der Waals surface area contributed by atoms with Crippen LogP contribution in [0.5, 0.6) is 5.75 Å². The third-order valence-electron chi connectivity index (χ3n) is 16.2. The summed E-state index contributed by atoms with van der Waals surface area (Å²) in [7, 11) is 0. The van der Waals surface area contributed by atoms with Crippen LogP contribution in [0.1, 0.15) is 74.2 Å². The fourth-order valence-electron chi connectivity index (χ4n) is 11.1. The highest BCUT2D eigenvalue weighted by Gasteiger charge is 2.43. The van der Waals surface area contributed by atoms with E-state index in [0.29, 0.717) is 125 Å². The summed E-state index contributed by atoms with van der Waals surface area (Å²) in [5.41, 5.74) is 0.318. The van der Waals surface area contributed by atoms with E-state index in [9.17, 15) is 63.0 Å². The molecule has 0 spiro atoms. The molecule has 1 unspecified atom stereocenters. The summed E-state index contributed by atoms with van der Waals surface area (Å²) in [6.45, 7) is 5.66. The van der Waals surface area contributed by atoms with Crippen LogP contribution in [0.2, 0.25) is 0 Å². The number of amides is 6. The van der Waals surface area contributed by atoms with Gasteiger partial charge in [-0.3, -0.25) is 67.7 Å².